The molecule has 0 aliphatic heterocycles. The van der Waals surface area contributed by atoms with Gasteiger partial charge in [-0.2, -0.15) is 11.8 Å². The number of nitrogens with two attached hydrogens (primary N) is 1. The molecule has 186 valence electrons. The molecule has 2 aliphatic rings. The number of phenolic OH excluding ortho intramolecular Hbond substituents is 1. The van der Waals surface area contributed by atoms with E-state index in [1.54, 1.807) is 19.0 Å². The van der Waals surface area contributed by atoms with Gasteiger partial charge >= 0.3 is 0 Å². The summed E-state index contributed by atoms with van der Waals surface area (Å²) in [6, 6.07) is 1.09. The third-order valence-electron chi connectivity index (χ3n) is 7.10. The van der Waals surface area contributed by atoms with Gasteiger partial charge in [0.15, 0.2) is 11.4 Å². The predicted octanol–water partition coefficient (Wildman–Crippen LogP) is 0.692. The van der Waals surface area contributed by atoms with Crippen LogP contribution in [0.2, 0.25) is 0 Å². The van der Waals surface area contributed by atoms with Gasteiger partial charge in [0.2, 0.25) is 11.7 Å². The number of phenols is 1. The number of nitrogens with zero attached hydrogens (tertiary/aromatic N) is 1. The standard InChI is InChI=1S/C24H32N2O7S/c1-11-5-13(10-34-4)21(30)20-14(11)6-12-7-15(16(9-27)26(2)3)24(33,17(28)8-18(25)29)23(32)19(12)22(20)31/h5,12,15-16,27,30-31,33H,6-10H2,1-4H3,(H2,25,29). The first kappa shape index (κ1) is 26.2. The Labute approximate surface area is 202 Å². The molecule has 4 atom stereocenters. The molecule has 0 bridgehead atoms. The van der Waals surface area contributed by atoms with Gasteiger partial charge in [-0.05, 0) is 57.2 Å². The summed E-state index contributed by atoms with van der Waals surface area (Å²) in [6.07, 6.45) is 1.42. The van der Waals surface area contributed by atoms with Crippen LogP contribution in [0, 0.1) is 18.8 Å². The van der Waals surface area contributed by atoms with Crippen LogP contribution in [-0.4, -0.2) is 81.4 Å². The number of primary amides is 1. The number of aliphatic hydroxyl groups is 3. The number of Topliss-reactive ketones (excluding diaryl/α,β-unsaturated/α-hetero) is 2. The zero-order valence-corrected chi connectivity index (χ0v) is 20.6. The lowest BCUT2D eigenvalue weighted by Gasteiger charge is -2.47. The Morgan fingerprint density at radius 3 is 2.50 bits per heavy atom. The molecule has 1 amide bonds. The predicted molar refractivity (Wildman–Crippen MR) is 128 cm³/mol. The Balaban J connectivity index is 2.24. The Hall–Kier alpha value is -2.40. The molecule has 34 heavy (non-hydrogen) atoms. The summed E-state index contributed by atoms with van der Waals surface area (Å²) in [5.41, 5.74) is 4.66. The van der Waals surface area contributed by atoms with Gasteiger partial charge in [0, 0.05) is 28.8 Å². The highest BCUT2D eigenvalue weighted by atomic mass is 32.2. The van der Waals surface area contributed by atoms with E-state index in [0.717, 1.165) is 5.56 Å². The molecule has 0 aromatic heterocycles. The Morgan fingerprint density at radius 1 is 1.32 bits per heavy atom. The normalized spacial score (nSPS) is 25.2. The fourth-order valence-electron chi connectivity index (χ4n) is 5.43. The second-order valence-corrected chi connectivity index (χ2v) is 10.2. The van der Waals surface area contributed by atoms with Crippen molar-refractivity contribution in [1.29, 1.82) is 0 Å². The molecule has 1 aromatic carbocycles. The highest BCUT2D eigenvalue weighted by Crippen LogP contribution is 2.50. The highest BCUT2D eigenvalue weighted by molar-refractivity contribution is 7.97. The van der Waals surface area contributed by atoms with Crippen LogP contribution in [0.3, 0.4) is 0 Å². The zero-order chi connectivity index (χ0) is 25.5. The quantitative estimate of drug-likeness (QED) is 0.329. The summed E-state index contributed by atoms with van der Waals surface area (Å²) >= 11 is 1.49. The number of carbonyl (C=O) groups excluding carboxylic acids is 3. The van der Waals surface area contributed by atoms with E-state index in [4.69, 9.17) is 5.73 Å². The molecule has 1 saturated carbocycles. The van der Waals surface area contributed by atoms with Crippen molar-refractivity contribution in [2.45, 2.75) is 43.6 Å². The minimum atomic E-state index is -2.66. The molecular formula is C24H32N2O7S. The molecule has 4 unspecified atom stereocenters. The minimum absolute atomic E-state index is 0.0990. The number of aryl methyl sites for hydroxylation is 1. The summed E-state index contributed by atoms with van der Waals surface area (Å²) in [5, 5.41) is 43.7. The van der Waals surface area contributed by atoms with Crippen LogP contribution in [-0.2, 0) is 26.6 Å². The molecule has 1 aromatic rings. The van der Waals surface area contributed by atoms with E-state index in [1.807, 2.05) is 19.2 Å². The van der Waals surface area contributed by atoms with Crippen LogP contribution in [0.4, 0.5) is 0 Å². The fraction of sp³-hybridized carbons (Fsp3) is 0.542. The lowest BCUT2D eigenvalue weighted by atomic mass is 9.59. The first-order chi connectivity index (χ1) is 15.9. The van der Waals surface area contributed by atoms with Crippen molar-refractivity contribution in [1.82, 2.24) is 4.90 Å². The number of ketones is 2. The van der Waals surface area contributed by atoms with Crippen LogP contribution in [0.25, 0.3) is 5.76 Å². The smallest absolute Gasteiger partial charge is 0.225 e. The summed E-state index contributed by atoms with van der Waals surface area (Å²) in [6.45, 7) is 1.43. The van der Waals surface area contributed by atoms with E-state index in [0.29, 0.717) is 23.3 Å². The van der Waals surface area contributed by atoms with Gasteiger partial charge < -0.3 is 31.1 Å². The summed E-state index contributed by atoms with van der Waals surface area (Å²) in [7, 11) is 3.30. The monoisotopic (exact) mass is 492 g/mol. The van der Waals surface area contributed by atoms with Gasteiger partial charge in [0.05, 0.1) is 18.6 Å². The van der Waals surface area contributed by atoms with Crippen LogP contribution in [0.5, 0.6) is 5.75 Å². The van der Waals surface area contributed by atoms with Crippen molar-refractivity contribution in [2.75, 3.05) is 27.0 Å². The molecule has 9 nitrogen and oxygen atoms in total. The number of fused-ring (bicyclic) bond motifs is 2. The van der Waals surface area contributed by atoms with Crippen LogP contribution >= 0.6 is 11.8 Å². The zero-order valence-electron chi connectivity index (χ0n) is 19.8. The number of amides is 1. The topological polar surface area (TPSA) is 161 Å². The van der Waals surface area contributed by atoms with Gasteiger partial charge in [-0.25, -0.2) is 0 Å². The highest BCUT2D eigenvalue weighted by Gasteiger charge is 2.60. The Kier molecular flexibility index (Phi) is 7.47. The van der Waals surface area contributed by atoms with E-state index >= 15 is 0 Å². The van der Waals surface area contributed by atoms with Gasteiger partial charge in [-0.1, -0.05) is 6.07 Å². The molecule has 1 fully saturated rings. The largest absolute Gasteiger partial charge is 0.507 e. The number of rotatable bonds is 8. The van der Waals surface area contributed by atoms with E-state index in [-0.39, 0.29) is 23.3 Å². The summed E-state index contributed by atoms with van der Waals surface area (Å²) < 4.78 is 0. The molecular weight excluding hydrogens is 460 g/mol. The molecule has 0 saturated heterocycles. The van der Waals surface area contributed by atoms with Crippen molar-refractivity contribution in [3.05, 3.63) is 33.9 Å². The fourth-order valence-corrected chi connectivity index (χ4v) is 5.97. The van der Waals surface area contributed by atoms with Crippen molar-refractivity contribution >= 4 is 35.0 Å². The molecule has 10 heteroatoms. The third kappa shape index (κ3) is 4.13. The summed E-state index contributed by atoms with van der Waals surface area (Å²) in [5.74, 6) is -4.79. The number of aliphatic hydroxyl groups excluding tert-OH is 2. The average Bonchev–Trinajstić information content (AvgIpc) is 2.74. The maximum atomic E-state index is 13.8. The Bertz CT molecular complexity index is 1070. The van der Waals surface area contributed by atoms with Crippen LogP contribution in [0.1, 0.15) is 35.1 Å². The molecule has 3 rings (SSSR count). The average molecular weight is 493 g/mol. The third-order valence-corrected chi connectivity index (χ3v) is 7.70. The number of thioether (sulfide) groups is 1. The lowest BCUT2D eigenvalue weighted by Crippen LogP contribution is -2.64. The van der Waals surface area contributed by atoms with Gasteiger partial charge in [0.25, 0.3) is 0 Å². The second kappa shape index (κ2) is 9.69. The van der Waals surface area contributed by atoms with Crippen LogP contribution in [0.15, 0.2) is 11.6 Å². The number of carbonyl (C=O) groups is 3. The number of aromatic hydroxyl groups is 1. The van der Waals surface area contributed by atoms with Crippen molar-refractivity contribution in [3.63, 3.8) is 0 Å². The van der Waals surface area contributed by atoms with E-state index < -0.39 is 59.7 Å². The van der Waals surface area contributed by atoms with E-state index in [1.165, 1.54) is 11.8 Å². The lowest BCUT2D eigenvalue weighted by molar-refractivity contribution is -0.163. The SMILES string of the molecule is CSCc1cc(C)c2c(c1O)C(O)=C1C(=O)C(O)(C(=O)CC(N)=O)C(C(CO)N(C)C)CC1C2. The minimum Gasteiger partial charge on any atom is -0.507 e. The van der Waals surface area contributed by atoms with Gasteiger partial charge in [0.1, 0.15) is 11.5 Å². The molecule has 2 aliphatic carbocycles. The maximum Gasteiger partial charge on any atom is 0.225 e. The first-order valence-corrected chi connectivity index (χ1v) is 12.4. The van der Waals surface area contributed by atoms with Crippen molar-refractivity contribution in [3.8, 4) is 5.75 Å². The molecule has 6 N–H and O–H groups in total. The number of benzene rings is 1. The number of likely N-dealkylation sites (N-methyl/N-ethyl adjacent to an activating group) is 1. The van der Waals surface area contributed by atoms with E-state index in [2.05, 4.69) is 0 Å². The van der Waals surface area contributed by atoms with Crippen molar-refractivity contribution < 1.29 is 34.8 Å². The number of hydrogen-bond acceptors (Lipinski definition) is 9. The van der Waals surface area contributed by atoms with Crippen LogP contribution < -0.4 is 5.73 Å². The maximum absolute atomic E-state index is 13.8. The Morgan fingerprint density at radius 2 is 1.97 bits per heavy atom. The van der Waals surface area contributed by atoms with Gasteiger partial charge in [-0.3, -0.25) is 14.4 Å². The molecule has 0 radical (unpaired) electrons. The number of hydrogen-bond donors (Lipinski definition) is 5. The second-order valence-electron chi connectivity index (χ2n) is 9.37. The first-order valence-electron chi connectivity index (χ1n) is 11.0. The molecule has 0 heterocycles. The van der Waals surface area contributed by atoms with Crippen molar-refractivity contribution in [2.24, 2.45) is 17.6 Å². The van der Waals surface area contributed by atoms with Gasteiger partial charge in [-0.15, -0.1) is 0 Å². The molecule has 0 spiro atoms. The van der Waals surface area contributed by atoms with E-state index in [9.17, 15) is 34.8 Å². The summed E-state index contributed by atoms with van der Waals surface area (Å²) in [4.78, 5) is 39.9.